The van der Waals surface area contributed by atoms with Crippen LogP contribution in [0.3, 0.4) is 0 Å². The predicted octanol–water partition coefficient (Wildman–Crippen LogP) is 4.12. The SMILES string of the molecule is CCC(C)NSC(=O)OP(N)(=O)SC(=O)SNC(C)CC. The number of nitrogens with one attached hydrogen (secondary N) is 2. The fraction of sp³-hybridized carbons (Fsp3) is 0.800. The number of carbonyl (C=O) groups is 2. The van der Waals surface area contributed by atoms with Gasteiger partial charge in [-0.1, -0.05) is 13.8 Å². The molecule has 0 aliphatic carbocycles. The fourth-order valence-corrected chi connectivity index (χ4v) is 5.23. The highest BCUT2D eigenvalue weighted by Gasteiger charge is 2.28. The second kappa shape index (κ2) is 10.9. The Balaban J connectivity index is 4.15. The lowest BCUT2D eigenvalue weighted by Gasteiger charge is -2.13. The minimum atomic E-state index is -3.85. The number of carbonyl (C=O) groups excluding carboxylic acids is 2. The maximum atomic E-state index is 11.9. The van der Waals surface area contributed by atoms with Crippen LogP contribution >= 0.6 is 42.0 Å². The molecule has 0 aromatic carbocycles. The molecule has 0 rings (SSSR count). The Morgan fingerprint density at radius 3 is 2.10 bits per heavy atom. The molecule has 7 nitrogen and oxygen atoms in total. The van der Waals surface area contributed by atoms with E-state index in [2.05, 4.69) is 14.0 Å². The average molecular weight is 375 g/mol. The van der Waals surface area contributed by atoms with Gasteiger partial charge in [0.25, 0.3) is 4.45 Å². The summed E-state index contributed by atoms with van der Waals surface area (Å²) in [6.07, 6.45) is 1.67. The summed E-state index contributed by atoms with van der Waals surface area (Å²) in [5.41, 5.74) is 5.37. The molecule has 0 aromatic heterocycles. The summed E-state index contributed by atoms with van der Waals surface area (Å²) in [6, 6.07) is 0.235. The maximum Gasteiger partial charge on any atom is 0.388 e. The van der Waals surface area contributed by atoms with Crippen molar-refractivity contribution in [2.24, 2.45) is 5.50 Å². The monoisotopic (exact) mass is 375 g/mol. The van der Waals surface area contributed by atoms with Gasteiger partial charge in [0, 0.05) is 47.4 Å². The van der Waals surface area contributed by atoms with Crippen molar-refractivity contribution < 1.29 is 18.7 Å². The first-order valence-electron chi connectivity index (χ1n) is 6.40. The zero-order valence-electron chi connectivity index (χ0n) is 12.5. The van der Waals surface area contributed by atoms with Crippen LogP contribution in [0.4, 0.5) is 9.59 Å². The van der Waals surface area contributed by atoms with Crippen molar-refractivity contribution >= 4 is 51.7 Å². The quantitative estimate of drug-likeness (QED) is 0.423. The normalized spacial score (nSPS) is 16.8. The molecule has 11 heteroatoms. The summed E-state index contributed by atoms with van der Waals surface area (Å²) in [5, 5.41) is -0.818. The molecule has 0 heterocycles. The van der Waals surface area contributed by atoms with Gasteiger partial charge in [0.2, 0.25) is 0 Å². The maximum absolute atomic E-state index is 11.9. The third kappa shape index (κ3) is 11.5. The number of hydrogen-bond donors (Lipinski definition) is 3. The first-order valence-corrected chi connectivity index (χ1v) is 11.2. The molecule has 0 aliphatic heterocycles. The van der Waals surface area contributed by atoms with Gasteiger partial charge in [-0.25, -0.2) is 14.9 Å². The lowest BCUT2D eigenvalue weighted by Crippen LogP contribution is -2.20. The molecular formula is C10H22N3O4PS3. The molecule has 0 fully saturated rings. The van der Waals surface area contributed by atoms with Crippen LogP contribution in [-0.2, 0) is 9.09 Å². The van der Waals surface area contributed by atoms with Gasteiger partial charge in [-0.2, -0.15) is 0 Å². The van der Waals surface area contributed by atoms with Gasteiger partial charge in [-0.15, -0.1) is 0 Å². The van der Waals surface area contributed by atoms with E-state index in [1.165, 1.54) is 0 Å². The van der Waals surface area contributed by atoms with E-state index < -0.39 is 16.5 Å². The highest BCUT2D eigenvalue weighted by Crippen LogP contribution is 2.55. The summed E-state index contributed by atoms with van der Waals surface area (Å²) < 4.78 is 21.7. The molecule has 0 spiro atoms. The van der Waals surface area contributed by atoms with Crippen molar-refractivity contribution in [3.63, 3.8) is 0 Å². The van der Waals surface area contributed by atoms with E-state index in [1.54, 1.807) is 0 Å². The van der Waals surface area contributed by atoms with Gasteiger partial charge in [0.05, 0.1) is 0 Å². The average Bonchev–Trinajstić information content (AvgIpc) is 2.40. The van der Waals surface area contributed by atoms with Crippen molar-refractivity contribution in [2.45, 2.75) is 52.6 Å². The molecule has 0 bridgehead atoms. The van der Waals surface area contributed by atoms with Crippen LogP contribution in [0.2, 0.25) is 0 Å². The van der Waals surface area contributed by atoms with E-state index in [0.717, 1.165) is 24.8 Å². The molecule has 0 amide bonds. The lowest BCUT2D eigenvalue weighted by molar-refractivity contribution is 0.229. The van der Waals surface area contributed by atoms with Crippen molar-refractivity contribution in [3.8, 4) is 0 Å². The highest BCUT2D eigenvalue weighted by molar-refractivity contribution is 8.69. The fourth-order valence-electron chi connectivity index (χ4n) is 0.728. The molecule has 21 heavy (non-hydrogen) atoms. The van der Waals surface area contributed by atoms with E-state index >= 15 is 0 Å². The molecule has 124 valence electrons. The second-order valence-corrected chi connectivity index (χ2v) is 10.0. The molecular weight excluding hydrogens is 353 g/mol. The molecule has 0 radical (unpaired) electrons. The molecule has 4 N–H and O–H groups in total. The first-order chi connectivity index (χ1) is 9.70. The zero-order chi connectivity index (χ0) is 16.5. The standard InChI is InChI=1S/C10H22N3O4PS3/c1-5-7(3)12-19-9(14)17-18(11,16)21-10(15)20-13-8(4)6-2/h7-8,12-13H,5-6H2,1-4H3,(H2,11,16). The zero-order valence-corrected chi connectivity index (χ0v) is 15.8. The Morgan fingerprint density at radius 2 is 1.62 bits per heavy atom. The minimum absolute atomic E-state index is 0.101. The van der Waals surface area contributed by atoms with Crippen LogP contribution < -0.4 is 14.9 Å². The molecule has 0 aliphatic rings. The van der Waals surface area contributed by atoms with E-state index in [9.17, 15) is 14.2 Å². The molecule has 0 aromatic rings. The van der Waals surface area contributed by atoms with Crippen molar-refractivity contribution in [1.82, 2.24) is 9.44 Å². The third-order valence-corrected chi connectivity index (χ3v) is 7.07. The van der Waals surface area contributed by atoms with Crippen LogP contribution in [-0.4, -0.2) is 21.8 Å². The lowest BCUT2D eigenvalue weighted by atomic mass is 10.3. The Hall–Kier alpha value is 0.300. The Kier molecular flexibility index (Phi) is 11.1. The topological polar surface area (TPSA) is 111 Å². The second-order valence-electron chi connectivity index (χ2n) is 4.28. The molecule has 3 atom stereocenters. The molecule has 3 unspecified atom stereocenters. The van der Waals surface area contributed by atoms with Crippen LogP contribution in [0.1, 0.15) is 40.5 Å². The minimum Gasteiger partial charge on any atom is -0.383 e. The number of nitrogens with two attached hydrogens (primary N) is 1. The third-order valence-electron chi connectivity index (χ3n) is 2.32. The van der Waals surface area contributed by atoms with Gasteiger partial charge in [-0.3, -0.25) is 14.2 Å². The summed E-state index contributed by atoms with van der Waals surface area (Å²) in [6.45, 7) is 3.87. The number of hydrogen-bond acceptors (Lipinski definition) is 9. The summed E-state index contributed by atoms with van der Waals surface area (Å²) in [5.74, 6) is 0. The molecule has 0 saturated heterocycles. The van der Waals surface area contributed by atoms with Crippen molar-refractivity contribution in [1.29, 1.82) is 0 Å². The Bertz CT molecular complexity index is 368. The highest BCUT2D eigenvalue weighted by atomic mass is 32.7. The van der Waals surface area contributed by atoms with Gasteiger partial charge >= 0.3 is 12.0 Å². The predicted molar refractivity (Wildman–Crippen MR) is 92.2 cm³/mol. The van der Waals surface area contributed by atoms with Gasteiger partial charge in [0.15, 0.2) is 0 Å². The van der Waals surface area contributed by atoms with Gasteiger partial charge in [-0.05, 0) is 26.7 Å². The first kappa shape index (κ1) is 21.3. The smallest absolute Gasteiger partial charge is 0.383 e. The van der Waals surface area contributed by atoms with Crippen LogP contribution in [0.5, 0.6) is 0 Å². The van der Waals surface area contributed by atoms with Crippen molar-refractivity contribution in [3.05, 3.63) is 0 Å². The van der Waals surface area contributed by atoms with Crippen LogP contribution in [0, 0.1) is 0 Å². The van der Waals surface area contributed by atoms with E-state index in [-0.39, 0.29) is 12.1 Å². The molecule has 0 saturated carbocycles. The Labute approximate surface area is 138 Å². The van der Waals surface area contributed by atoms with Gasteiger partial charge < -0.3 is 4.52 Å². The largest absolute Gasteiger partial charge is 0.388 e. The van der Waals surface area contributed by atoms with Crippen molar-refractivity contribution in [2.75, 3.05) is 0 Å². The summed E-state index contributed by atoms with van der Waals surface area (Å²) in [7, 11) is 0. The van der Waals surface area contributed by atoms with E-state index in [4.69, 9.17) is 5.50 Å². The number of rotatable bonds is 8. The van der Waals surface area contributed by atoms with E-state index in [0.29, 0.717) is 23.3 Å². The summed E-state index contributed by atoms with van der Waals surface area (Å²) >= 11 is 1.80. The van der Waals surface area contributed by atoms with Gasteiger partial charge in [0.1, 0.15) is 0 Å². The van der Waals surface area contributed by atoms with E-state index in [1.807, 2.05) is 27.7 Å². The van der Waals surface area contributed by atoms with Crippen LogP contribution in [0.15, 0.2) is 0 Å². The Morgan fingerprint density at radius 1 is 1.14 bits per heavy atom. The summed E-state index contributed by atoms with van der Waals surface area (Å²) in [4.78, 5) is 23.0. The van der Waals surface area contributed by atoms with Crippen LogP contribution in [0.25, 0.3) is 0 Å².